The van der Waals surface area contributed by atoms with Gasteiger partial charge in [0.25, 0.3) is 0 Å². The lowest BCUT2D eigenvalue weighted by Gasteiger charge is -2.42. The third-order valence-electron chi connectivity index (χ3n) is 12.0. The van der Waals surface area contributed by atoms with Crippen LogP contribution in [0.2, 0.25) is 0 Å². The number of ether oxygens (including phenoxy) is 6. The van der Waals surface area contributed by atoms with Crippen LogP contribution in [0.15, 0.2) is 24.3 Å². The van der Waals surface area contributed by atoms with Crippen LogP contribution in [-0.4, -0.2) is 142 Å². The molecule has 14 nitrogen and oxygen atoms in total. The third-order valence-corrected chi connectivity index (χ3v) is 12.0. The topological polar surface area (TPSA) is 214 Å². The van der Waals surface area contributed by atoms with Gasteiger partial charge in [-0.05, 0) is 44.9 Å². The standard InChI is InChI=1S/C49H90O14/c1-3-5-7-9-10-11-12-13-14-15-16-17-18-19-20-21-22-23-24-25-26-27-29-31-33-58-35-38(61-41(51)32-30-28-8-6-4-2)36-59-48-47(57)45(55)43(53)40(63-48)37-60-49-46(56)44(54)42(52)39(34-50)62-49/h12-13,15-16,38-40,42-50,52-57H,3-11,14,17-37H2,1-2H3/b13-12-,16-15-. The number of hydrogen-bond acceptors (Lipinski definition) is 14. The fraction of sp³-hybridized carbons (Fsp3) is 0.898. The van der Waals surface area contributed by atoms with Crippen LogP contribution in [-0.2, 0) is 33.2 Å². The van der Waals surface area contributed by atoms with E-state index in [4.69, 9.17) is 28.4 Å². The van der Waals surface area contributed by atoms with Crippen molar-refractivity contribution in [1.29, 1.82) is 0 Å². The first-order valence-corrected chi connectivity index (χ1v) is 24.9. The molecule has 14 heteroatoms. The Morgan fingerprint density at radius 3 is 1.52 bits per heavy atom. The Balaban J connectivity index is 1.63. The Bertz CT molecular complexity index is 1140. The monoisotopic (exact) mass is 903 g/mol. The highest BCUT2D eigenvalue weighted by molar-refractivity contribution is 5.69. The second kappa shape index (κ2) is 37.5. The number of carbonyl (C=O) groups excluding carboxylic acids is 1. The lowest BCUT2D eigenvalue weighted by molar-refractivity contribution is -0.332. The summed E-state index contributed by atoms with van der Waals surface area (Å²) in [5, 5.41) is 71.8. The number of aliphatic hydroxyl groups excluding tert-OH is 7. The van der Waals surface area contributed by atoms with Crippen molar-refractivity contribution in [2.75, 3.05) is 33.0 Å². The number of allylic oxidation sites excluding steroid dienone is 4. The minimum atomic E-state index is -1.70. The molecular weight excluding hydrogens is 813 g/mol. The molecule has 2 aliphatic heterocycles. The first-order valence-electron chi connectivity index (χ1n) is 24.9. The van der Waals surface area contributed by atoms with Gasteiger partial charge in [0.15, 0.2) is 12.6 Å². The van der Waals surface area contributed by atoms with Gasteiger partial charge in [-0.15, -0.1) is 0 Å². The lowest BCUT2D eigenvalue weighted by Crippen LogP contribution is -2.61. The molecular formula is C49H90O14. The summed E-state index contributed by atoms with van der Waals surface area (Å²) in [6.45, 7) is 3.58. The number of carbonyl (C=O) groups is 1. The predicted octanol–water partition coefficient (Wildman–Crippen LogP) is 6.85. The molecule has 0 aromatic carbocycles. The van der Waals surface area contributed by atoms with Crippen LogP contribution in [0.1, 0.15) is 181 Å². The normalized spacial score (nSPS) is 27.1. The van der Waals surface area contributed by atoms with Crippen LogP contribution in [0.3, 0.4) is 0 Å². The Labute approximate surface area is 379 Å². The van der Waals surface area contributed by atoms with Crippen molar-refractivity contribution < 1.29 is 69.0 Å². The second-order valence-electron chi connectivity index (χ2n) is 17.6. The number of aliphatic hydroxyl groups is 7. The fourth-order valence-electron chi connectivity index (χ4n) is 7.84. The van der Waals surface area contributed by atoms with E-state index in [9.17, 15) is 40.5 Å². The van der Waals surface area contributed by atoms with Gasteiger partial charge in [-0.2, -0.15) is 0 Å². The maximum atomic E-state index is 12.8. The van der Waals surface area contributed by atoms with Crippen molar-refractivity contribution in [1.82, 2.24) is 0 Å². The molecule has 11 atom stereocenters. The molecule has 0 aliphatic carbocycles. The lowest BCUT2D eigenvalue weighted by atomic mass is 9.98. The van der Waals surface area contributed by atoms with Crippen molar-refractivity contribution in [2.45, 2.75) is 248 Å². The van der Waals surface area contributed by atoms with Gasteiger partial charge in [0.2, 0.25) is 0 Å². The average Bonchev–Trinajstić information content (AvgIpc) is 3.28. The Hall–Kier alpha value is -1.53. The van der Waals surface area contributed by atoms with Gasteiger partial charge in [0, 0.05) is 13.0 Å². The largest absolute Gasteiger partial charge is 0.457 e. The molecule has 2 rings (SSSR count). The fourth-order valence-corrected chi connectivity index (χ4v) is 7.84. The minimum Gasteiger partial charge on any atom is -0.457 e. The van der Waals surface area contributed by atoms with Crippen molar-refractivity contribution in [3.8, 4) is 0 Å². The van der Waals surface area contributed by atoms with E-state index in [1.165, 1.54) is 103 Å². The molecule has 370 valence electrons. The van der Waals surface area contributed by atoms with Gasteiger partial charge in [-0.3, -0.25) is 4.79 Å². The van der Waals surface area contributed by atoms with Crippen molar-refractivity contribution in [2.24, 2.45) is 0 Å². The summed E-state index contributed by atoms with van der Waals surface area (Å²) in [5.41, 5.74) is 0. The van der Waals surface area contributed by atoms with Gasteiger partial charge in [-0.25, -0.2) is 0 Å². The van der Waals surface area contributed by atoms with Crippen LogP contribution >= 0.6 is 0 Å². The van der Waals surface area contributed by atoms with E-state index in [0.717, 1.165) is 51.4 Å². The van der Waals surface area contributed by atoms with E-state index < -0.39 is 80.7 Å². The van der Waals surface area contributed by atoms with Crippen LogP contribution in [0.4, 0.5) is 0 Å². The Morgan fingerprint density at radius 2 is 0.984 bits per heavy atom. The van der Waals surface area contributed by atoms with E-state index in [2.05, 4.69) is 38.2 Å². The molecule has 0 spiro atoms. The molecule has 0 aromatic heterocycles. The first kappa shape index (κ1) is 57.6. The summed E-state index contributed by atoms with van der Waals surface area (Å²) in [6.07, 6.45) is 23.1. The number of unbranched alkanes of at least 4 members (excludes halogenated alkanes) is 21. The zero-order chi connectivity index (χ0) is 45.9. The first-order chi connectivity index (χ1) is 30.6. The van der Waals surface area contributed by atoms with E-state index in [-0.39, 0.29) is 25.6 Å². The van der Waals surface area contributed by atoms with Gasteiger partial charge >= 0.3 is 5.97 Å². The van der Waals surface area contributed by atoms with Crippen molar-refractivity contribution >= 4 is 5.97 Å². The zero-order valence-corrected chi connectivity index (χ0v) is 39.1. The zero-order valence-electron chi connectivity index (χ0n) is 39.1. The summed E-state index contributed by atoms with van der Waals surface area (Å²) < 4.78 is 34.0. The smallest absolute Gasteiger partial charge is 0.306 e. The van der Waals surface area contributed by atoms with Crippen LogP contribution in [0, 0.1) is 0 Å². The Morgan fingerprint density at radius 1 is 0.524 bits per heavy atom. The molecule has 7 N–H and O–H groups in total. The molecule has 2 saturated heterocycles. The van der Waals surface area contributed by atoms with Crippen LogP contribution in [0.5, 0.6) is 0 Å². The Kier molecular flexibility index (Phi) is 34.3. The summed E-state index contributed by atoms with van der Waals surface area (Å²) in [4.78, 5) is 12.8. The molecule has 2 fully saturated rings. The molecule has 2 heterocycles. The maximum absolute atomic E-state index is 12.8. The quantitative estimate of drug-likeness (QED) is 0.0191. The molecule has 0 aromatic rings. The van der Waals surface area contributed by atoms with Crippen LogP contribution in [0.25, 0.3) is 0 Å². The highest BCUT2D eigenvalue weighted by Gasteiger charge is 2.47. The molecule has 63 heavy (non-hydrogen) atoms. The highest BCUT2D eigenvalue weighted by atomic mass is 16.7. The molecule has 0 radical (unpaired) electrons. The van der Waals surface area contributed by atoms with E-state index in [0.29, 0.717) is 13.0 Å². The van der Waals surface area contributed by atoms with Crippen molar-refractivity contribution in [3.05, 3.63) is 24.3 Å². The minimum absolute atomic E-state index is 0.0624. The number of esters is 1. The van der Waals surface area contributed by atoms with E-state index in [1.54, 1.807) is 0 Å². The van der Waals surface area contributed by atoms with E-state index >= 15 is 0 Å². The molecule has 0 saturated carbocycles. The SMILES string of the molecule is CCCCCCC/C=C\C/C=C\CCCCCCCCCCCCCCOCC(COC1OC(COC2OC(CO)C(O)C(O)C2O)C(O)C(O)C1O)OC(=O)CCCCCCC. The summed E-state index contributed by atoms with van der Waals surface area (Å²) in [6, 6.07) is 0. The average molecular weight is 903 g/mol. The number of rotatable bonds is 39. The second-order valence-corrected chi connectivity index (χ2v) is 17.6. The van der Waals surface area contributed by atoms with Gasteiger partial charge in [0.05, 0.1) is 26.4 Å². The summed E-state index contributed by atoms with van der Waals surface area (Å²) in [7, 11) is 0. The van der Waals surface area contributed by atoms with E-state index in [1.807, 2.05) is 0 Å². The number of hydrogen-bond donors (Lipinski definition) is 7. The summed E-state index contributed by atoms with van der Waals surface area (Å²) in [5.74, 6) is -0.389. The van der Waals surface area contributed by atoms with Crippen LogP contribution < -0.4 is 0 Å². The highest BCUT2D eigenvalue weighted by Crippen LogP contribution is 2.26. The predicted molar refractivity (Wildman–Crippen MR) is 243 cm³/mol. The van der Waals surface area contributed by atoms with Crippen molar-refractivity contribution in [3.63, 3.8) is 0 Å². The third kappa shape index (κ3) is 25.8. The molecule has 0 amide bonds. The van der Waals surface area contributed by atoms with Gasteiger partial charge in [0.1, 0.15) is 54.9 Å². The molecule has 2 aliphatic rings. The summed E-state index contributed by atoms with van der Waals surface area (Å²) >= 11 is 0. The maximum Gasteiger partial charge on any atom is 0.306 e. The van der Waals surface area contributed by atoms with Gasteiger partial charge < -0.3 is 64.2 Å². The molecule has 11 unspecified atom stereocenters. The van der Waals surface area contributed by atoms with Gasteiger partial charge in [-0.1, -0.05) is 154 Å². The molecule has 0 bridgehead atoms.